The first-order valence-electron chi connectivity index (χ1n) is 12.0. The van der Waals surface area contributed by atoms with Crippen LogP contribution in [0.1, 0.15) is 61.2 Å². The fraction of sp³-hybridized carbons (Fsp3) is 0.370. The molecule has 38 heavy (non-hydrogen) atoms. The van der Waals surface area contributed by atoms with Gasteiger partial charge in [0, 0.05) is 30.7 Å². The first-order chi connectivity index (χ1) is 17.7. The zero-order chi connectivity index (χ0) is 28.2. The third-order valence-electron chi connectivity index (χ3n) is 6.13. The quantitative estimate of drug-likeness (QED) is 0.308. The Morgan fingerprint density at radius 2 is 1.95 bits per heavy atom. The van der Waals surface area contributed by atoms with Crippen LogP contribution in [0.2, 0.25) is 0 Å². The Hall–Kier alpha value is -3.57. The lowest BCUT2D eigenvalue weighted by atomic mass is 9.99. The van der Waals surface area contributed by atoms with Crippen LogP contribution in [-0.4, -0.2) is 32.1 Å². The third-order valence-corrected chi connectivity index (χ3v) is 7.62. The molecule has 0 spiro atoms. The highest BCUT2D eigenvalue weighted by molar-refractivity contribution is 7.16. The summed E-state index contributed by atoms with van der Waals surface area (Å²) in [5, 5.41) is 13.8. The first kappa shape index (κ1) is 27.5. The van der Waals surface area contributed by atoms with E-state index in [1.807, 2.05) is 0 Å². The van der Waals surface area contributed by atoms with Crippen molar-refractivity contribution in [2.24, 2.45) is 7.05 Å². The number of aryl methyl sites for hydroxylation is 2. The molecule has 4 aromatic rings. The summed E-state index contributed by atoms with van der Waals surface area (Å²) in [5.74, 6) is -1.80. The molecule has 1 amide bonds. The Morgan fingerprint density at radius 3 is 2.55 bits per heavy atom. The number of aliphatic hydroxyl groups is 1. The van der Waals surface area contributed by atoms with Crippen LogP contribution < -0.4 is 15.6 Å². The highest BCUT2D eigenvalue weighted by Crippen LogP contribution is 2.49. The average molecular weight is 545 g/mol. The molecule has 0 bridgehead atoms. The van der Waals surface area contributed by atoms with Crippen molar-refractivity contribution in [3.05, 3.63) is 68.3 Å². The minimum Gasteiger partial charge on any atom is -0.477 e. The minimum absolute atomic E-state index is 0.0311. The van der Waals surface area contributed by atoms with Crippen molar-refractivity contribution < 1.29 is 23.4 Å². The van der Waals surface area contributed by atoms with Gasteiger partial charge in [-0.2, -0.15) is 0 Å². The molecule has 0 saturated heterocycles. The highest BCUT2D eigenvalue weighted by atomic mass is 32.1. The highest BCUT2D eigenvalue weighted by Gasteiger charge is 2.36. The molecule has 4 rings (SSSR count). The van der Waals surface area contributed by atoms with Gasteiger partial charge < -0.3 is 24.7 Å². The fourth-order valence-electron chi connectivity index (χ4n) is 4.43. The molecule has 4 heterocycles. The van der Waals surface area contributed by atoms with E-state index in [1.54, 1.807) is 47.0 Å². The average Bonchev–Trinajstić information content (AvgIpc) is 3.39. The van der Waals surface area contributed by atoms with Crippen LogP contribution in [0.15, 0.2) is 29.3 Å². The molecule has 11 heteroatoms. The van der Waals surface area contributed by atoms with Crippen LogP contribution in [0.25, 0.3) is 21.3 Å². The van der Waals surface area contributed by atoms with E-state index in [0.29, 0.717) is 33.6 Å². The molecule has 0 aliphatic heterocycles. The van der Waals surface area contributed by atoms with Crippen LogP contribution in [0, 0.1) is 18.6 Å². The van der Waals surface area contributed by atoms with Crippen molar-refractivity contribution in [2.45, 2.75) is 52.7 Å². The number of hydrogen-bond acceptors (Lipinski definition) is 6. The molecule has 0 aliphatic rings. The van der Waals surface area contributed by atoms with E-state index in [0.717, 1.165) is 17.5 Å². The lowest BCUT2D eigenvalue weighted by Crippen LogP contribution is -2.28. The predicted octanol–water partition coefficient (Wildman–Crippen LogP) is 4.87. The van der Waals surface area contributed by atoms with E-state index in [1.165, 1.54) is 24.5 Å². The summed E-state index contributed by atoms with van der Waals surface area (Å²) in [5.41, 5.74) is -1.39. The Labute approximate surface area is 222 Å². The number of hydrogen-bond donors (Lipinski definition) is 3. The third kappa shape index (κ3) is 4.83. The Kier molecular flexibility index (Phi) is 6.96. The molecule has 202 valence electrons. The number of nitrogens with zero attached hydrogens (tertiary/aromatic N) is 2. The van der Waals surface area contributed by atoms with Crippen LogP contribution in [0.3, 0.4) is 0 Å². The summed E-state index contributed by atoms with van der Waals surface area (Å²) < 4.78 is 37.3. The molecular formula is C27H30F2N4O4S. The fourth-order valence-corrected chi connectivity index (χ4v) is 5.56. The molecule has 8 nitrogen and oxygen atoms in total. The first-order valence-corrected chi connectivity index (χ1v) is 12.8. The van der Waals surface area contributed by atoms with Crippen LogP contribution in [0.5, 0.6) is 5.75 Å². The minimum atomic E-state index is -1.54. The summed E-state index contributed by atoms with van der Waals surface area (Å²) in [6.45, 7) is 10.2. The van der Waals surface area contributed by atoms with Gasteiger partial charge in [-0.1, -0.05) is 0 Å². The molecule has 0 fully saturated rings. The summed E-state index contributed by atoms with van der Waals surface area (Å²) in [6.07, 6.45) is 2.61. The van der Waals surface area contributed by atoms with Gasteiger partial charge in [0.05, 0.1) is 27.2 Å². The van der Waals surface area contributed by atoms with Crippen LogP contribution in [-0.2, 0) is 18.2 Å². The number of aromatic nitrogens is 3. The molecule has 3 N–H and O–H groups in total. The summed E-state index contributed by atoms with van der Waals surface area (Å²) >= 11 is 0.986. The predicted molar refractivity (Wildman–Crippen MR) is 143 cm³/mol. The maximum Gasteiger partial charge on any atom is 0.274 e. The van der Waals surface area contributed by atoms with Crippen molar-refractivity contribution in [2.75, 3.05) is 6.54 Å². The number of H-pyrrole nitrogens is 1. The largest absolute Gasteiger partial charge is 0.477 e. The van der Waals surface area contributed by atoms with Gasteiger partial charge in [0.2, 0.25) is 0 Å². The van der Waals surface area contributed by atoms with E-state index >= 15 is 4.39 Å². The second-order valence-electron chi connectivity index (χ2n) is 10.2. The molecule has 4 aromatic heterocycles. The normalized spacial score (nSPS) is 12.3. The standard InChI is InChI=1S/C27H30F2N4O4S/c1-8-30-24(34)17-10-15-16(12-33(7)25(35)19(15)32-17)21-20(18(29)23(38-21)26(3,4)36)37-27(5,6)22-13(2)9-14(28)11-31-22/h9-12,32,36H,8H2,1-7H3,(H,30,34). The second kappa shape index (κ2) is 9.63. The molecule has 0 unspecified atom stereocenters. The molecule has 0 aliphatic carbocycles. The number of halogens is 2. The van der Waals surface area contributed by atoms with Crippen molar-refractivity contribution in [3.8, 4) is 16.2 Å². The van der Waals surface area contributed by atoms with Gasteiger partial charge in [-0.05, 0) is 59.2 Å². The van der Waals surface area contributed by atoms with E-state index in [2.05, 4.69) is 15.3 Å². The SMILES string of the molecule is CCNC(=O)c1cc2c(-c3sc(C(C)(C)O)c(F)c3OC(C)(C)c3ncc(F)cc3C)cn(C)c(=O)c2[nH]1. The number of aromatic amines is 1. The zero-order valence-corrected chi connectivity index (χ0v) is 23.1. The Balaban J connectivity index is 1.98. The lowest BCUT2D eigenvalue weighted by molar-refractivity contribution is 0.0738. The van der Waals surface area contributed by atoms with Gasteiger partial charge in [-0.15, -0.1) is 11.3 Å². The van der Waals surface area contributed by atoms with Crippen molar-refractivity contribution in [3.63, 3.8) is 0 Å². The number of pyridine rings is 2. The van der Waals surface area contributed by atoms with Gasteiger partial charge in [-0.3, -0.25) is 14.6 Å². The van der Waals surface area contributed by atoms with Gasteiger partial charge >= 0.3 is 0 Å². The number of nitrogens with one attached hydrogen (secondary N) is 2. The van der Waals surface area contributed by atoms with Crippen molar-refractivity contribution >= 4 is 28.1 Å². The number of amides is 1. The monoisotopic (exact) mass is 544 g/mol. The summed E-state index contributed by atoms with van der Waals surface area (Å²) in [7, 11) is 1.55. The molecule has 0 aromatic carbocycles. The van der Waals surface area contributed by atoms with E-state index in [-0.39, 0.29) is 33.3 Å². The number of thiophene rings is 1. The van der Waals surface area contributed by atoms with Gasteiger partial charge in [0.25, 0.3) is 11.5 Å². The maximum atomic E-state index is 16.0. The van der Waals surface area contributed by atoms with Gasteiger partial charge in [-0.25, -0.2) is 8.78 Å². The zero-order valence-electron chi connectivity index (χ0n) is 22.2. The van der Waals surface area contributed by atoms with E-state index in [9.17, 15) is 19.1 Å². The van der Waals surface area contributed by atoms with E-state index < -0.39 is 22.8 Å². The molecule has 0 radical (unpaired) electrons. The van der Waals surface area contributed by atoms with Crippen molar-refractivity contribution in [1.82, 2.24) is 19.9 Å². The van der Waals surface area contributed by atoms with Crippen molar-refractivity contribution in [1.29, 1.82) is 0 Å². The molecule has 0 saturated carbocycles. The Bertz CT molecular complexity index is 1610. The number of ether oxygens (including phenoxy) is 1. The van der Waals surface area contributed by atoms with Crippen LogP contribution >= 0.6 is 11.3 Å². The molecular weight excluding hydrogens is 514 g/mol. The summed E-state index contributed by atoms with van der Waals surface area (Å²) in [4.78, 5) is 32.9. The van der Waals surface area contributed by atoms with Gasteiger partial charge in [0.1, 0.15) is 22.6 Å². The number of rotatable bonds is 7. The van der Waals surface area contributed by atoms with Crippen LogP contribution in [0.4, 0.5) is 8.78 Å². The Morgan fingerprint density at radius 1 is 1.26 bits per heavy atom. The maximum absolute atomic E-state index is 16.0. The molecule has 0 atom stereocenters. The van der Waals surface area contributed by atoms with E-state index in [4.69, 9.17) is 4.74 Å². The second-order valence-corrected chi connectivity index (χ2v) is 11.2. The lowest BCUT2D eigenvalue weighted by Gasteiger charge is -2.28. The number of carbonyl (C=O) groups is 1. The smallest absolute Gasteiger partial charge is 0.274 e. The summed E-state index contributed by atoms with van der Waals surface area (Å²) in [6, 6.07) is 2.86. The van der Waals surface area contributed by atoms with Gasteiger partial charge in [0.15, 0.2) is 11.6 Å². The topological polar surface area (TPSA) is 109 Å². The number of fused-ring (bicyclic) bond motifs is 1. The number of carbonyl (C=O) groups excluding carboxylic acids is 1.